The summed E-state index contributed by atoms with van der Waals surface area (Å²) in [5.41, 5.74) is 1.09. The van der Waals surface area contributed by atoms with Gasteiger partial charge >= 0.3 is 5.97 Å². The molecule has 18 heavy (non-hydrogen) atoms. The SMILES string of the molecule is COCCC(NC(=O)c1ccnc(C)c1)C(=O)O. The molecule has 6 heteroatoms. The van der Waals surface area contributed by atoms with Gasteiger partial charge in [-0.15, -0.1) is 0 Å². The molecule has 0 spiro atoms. The van der Waals surface area contributed by atoms with Crippen LogP contribution < -0.4 is 5.32 Å². The highest BCUT2D eigenvalue weighted by atomic mass is 16.5. The van der Waals surface area contributed by atoms with E-state index in [4.69, 9.17) is 9.84 Å². The first kappa shape index (κ1) is 14.1. The molecule has 1 heterocycles. The summed E-state index contributed by atoms with van der Waals surface area (Å²) < 4.78 is 4.80. The minimum absolute atomic E-state index is 0.224. The monoisotopic (exact) mass is 252 g/mol. The average Bonchev–Trinajstić information content (AvgIpc) is 2.33. The summed E-state index contributed by atoms with van der Waals surface area (Å²) in [6, 6.07) is 2.19. The number of hydrogen-bond acceptors (Lipinski definition) is 4. The molecule has 0 aliphatic carbocycles. The number of carboxylic acids is 1. The zero-order valence-electron chi connectivity index (χ0n) is 10.3. The Morgan fingerprint density at radius 2 is 2.28 bits per heavy atom. The molecule has 1 aromatic rings. The lowest BCUT2D eigenvalue weighted by atomic mass is 10.1. The fourth-order valence-electron chi connectivity index (χ4n) is 1.42. The van der Waals surface area contributed by atoms with Crippen LogP contribution in [0.25, 0.3) is 0 Å². The van der Waals surface area contributed by atoms with Gasteiger partial charge < -0.3 is 15.2 Å². The van der Waals surface area contributed by atoms with Crippen molar-refractivity contribution in [2.24, 2.45) is 0 Å². The van der Waals surface area contributed by atoms with Crippen LogP contribution in [0.2, 0.25) is 0 Å². The molecule has 0 fully saturated rings. The number of aromatic nitrogens is 1. The van der Waals surface area contributed by atoms with Gasteiger partial charge in [0.25, 0.3) is 5.91 Å². The third kappa shape index (κ3) is 4.14. The quantitative estimate of drug-likeness (QED) is 0.774. The number of nitrogens with zero attached hydrogens (tertiary/aromatic N) is 1. The molecule has 2 N–H and O–H groups in total. The molecule has 98 valence electrons. The van der Waals surface area contributed by atoms with Crippen molar-refractivity contribution in [2.75, 3.05) is 13.7 Å². The van der Waals surface area contributed by atoms with Crippen molar-refractivity contribution >= 4 is 11.9 Å². The van der Waals surface area contributed by atoms with Crippen LogP contribution in [-0.2, 0) is 9.53 Å². The molecular formula is C12H16N2O4. The van der Waals surface area contributed by atoms with E-state index in [1.807, 2.05) is 0 Å². The summed E-state index contributed by atoms with van der Waals surface area (Å²) >= 11 is 0. The number of amides is 1. The second-order valence-electron chi connectivity index (χ2n) is 3.83. The van der Waals surface area contributed by atoms with Crippen LogP contribution in [0.4, 0.5) is 0 Å². The molecule has 1 amide bonds. The summed E-state index contributed by atoms with van der Waals surface area (Å²) in [5, 5.41) is 11.4. The van der Waals surface area contributed by atoms with Gasteiger partial charge in [-0.05, 0) is 19.1 Å². The van der Waals surface area contributed by atoms with Gasteiger partial charge in [-0.25, -0.2) is 4.79 Å². The van der Waals surface area contributed by atoms with Crippen LogP contribution in [0.15, 0.2) is 18.3 Å². The Labute approximate surface area is 105 Å². The van der Waals surface area contributed by atoms with Crippen LogP contribution in [-0.4, -0.2) is 41.7 Å². The number of carbonyl (C=O) groups is 2. The Balaban J connectivity index is 2.69. The normalized spacial score (nSPS) is 11.9. The van der Waals surface area contributed by atoms with Crippen molar-refractivity contribution in [2.45, 2.75) is 19.4 Å². The molecule has 1 unspecified atom stereocenters. The highest BCUT2D eigenvalue weighted by Crippen LogP contribution is 2.02. The number of aliphatic carboxylic acids is 1. The van der Waals surface area contributed by atoms with E-state index in [-0.39, 0.29) is 13.0 Å². The van der Waals surface area contributed by atoms with E-state index < -0.39 is 17.9 Å². The van der Waals surface area contributed by atoms with Gasteiger partial charge in [-0.2, -0.15) is 0 Å². The number of rotatable bonds is 6. The molecular weight excluding hydrogens is 236 g/mol. The maximum absolute atomic E-state index is 11.8. The number of carboxylic acid groups (broad SMARTS) is 1. The summed E-state index contributed by atoms with van der Waals surface area (Å²) in [4.78, 5) is 26.8. The van der Waals surface area contributed by atoms with Crippen molar-refractivity contribution in [1.29, 1.82) is 0 Å². The Bertz CT molecular complexity index is 434. The third-order valence-corrected chi connectivity index (χ3v) is 2.37. The number of carbonyl (C=O) groups excluding carboxylic acids is 1. The van der Waals surface area contributed by atoms with Crippen LogP contribution in [0.5, 0.6) is 0 Å². The average molecular weight is 252 g/mol. The molecule has 0 aromatic carbocycles. The fourth-order valence-corrected chi connectivity index (χ4v) is 1.42. The van der Waals surface area contributed by atoms with Crippen molar-refractivity contribution in [1.82, 2.24) is 10.3 Å². The lowest BCUT2D eigenvalue weighted by Gasteiger charge is -2.14. The van der Waals surface area contributed by atoms with Crippen molar-refractivity contribution < 1.29 is 19.4 Å². The van der Waals surface area contributed by atoms with E-state index in [0.29, 0.717) is 11.3 Å². The second-order valence-corrected chi connectivity index (χ2v) is 3.83. The summed E-state index contributed by atoms with van der Waals surface area (Å²) in [6.45, 7) is 2.03. The number of aryl methyl sites for hydroxylation is 1. The minimum atomic E-state index is -1.08. The van der Waals surface area contributed by atoms with E-state index in [0.717, 1.165) is 0 Å². The Hall–Kier alpha value is -1.95. The number of nitrogens with one attached hydrogen (secondary N) is 1. The molecule has 6 nitrogen and oxygen atoms in total. The number of methoxy groups -OCH3 is 1. The molecule has 0 aliphatic rings. The molecule has 1 atom stereocenters. The van der Waals surface area contributed by atoms with Crippen LogP contribution in [0.1, 0.15) is 22.5 Å². The number of pyridine rings is 1. The Kier molecular flexibility index (Phi) is 5.26. The van der Waals surface area contributed by atoms with Crippen LogP contribution >= 0.6 is 0 Å². The highest BCUT2D eigenvalue weighted by molar-refractivity contribution is 5.96. The molecule has 0 aliphatic heterocycles. The van der Waals surface area contributed by atoms with Gasteiger partial charge in [0.2, 0.25) is 0 Å². The first-order chi connectivity index (χ1) is 8.54. The molecule has 0 saturated heterocycles. The van der Waals surface area contributed by atoms with Crippen molar-refractivity contribution in [3.8, 4) is 0 Å². The smallest absolute Gasteiger partial charge is 0.326 e. The summed E-state index contributed by atoms with van der Waals surface area (Å²) in [6.07, 6.45) is 1.73. The topological polar surface area (TPSA) is 88.5 Å². The van der Waals surface area contributed by atoms with Crippen LogP contribution in [0, 0.1) is 6.92 Å². The summed E-state index contributed by atoms with van der Waals surface area (Å²) in [5.74, 6) is -1.50. The van der Waals surface area contributed by atoms with E-state index in [2.05, 4.69) is 10.3 Å². The highest BCUT2D eigenvalue weighted by Gasteiger charge is 2.20. The van der Waals surface area contributed by atoms with Crippen molar-refractivity contribution in [3.63, 3.8) is 0 Å². The predicted molar refractivity (Wildman–Crippen MR) is 64.4 cm³/mol. The first-order valence-electron chi connectivity index (χ1n) is 5.50. The number of hydrogen-bond donors (Lipinski definition) is 2. The molecule has 0 radical (unpaired) electrons. The van der Waals surface area contributed by atoms with Gasteiger partial charge in [0, 0.05) is 37.6 Å². The van der Waals surface area contributed by atoms with Crippen molar-refractivity contribution in [3.05, 3.63) is 29.6 Å². The Morgan fingerprint density at radius 1 is 1.56 bits per heavy atom. The van der Waals surface area contributed by atoms with Gasteiger partial charge in [-0.1, -0.05) is 0 Å². The van der Waals surface area contributed by atoms with E-state index >= 15 is 0 Å². The zero-order valence-corrected chi connectivity index (χ0v) is 10.3. The lowest BCUT2D eigenvalue weighted by molar-refractivity contribution is -0.139. The maximum atomic E-state index is 11.8. The Morgan fingerprint density at radius 3 is 2.83 bits per heavy atom. The minimum Gasteiger partial charge on any atom is -0.480 e. The largest absolute Gasteiger partial charge is 0.480 e. The molecule has 0 saturated carbocycles. The lowest BCUT2D eigenvalue weighted by Crippen LogP contribution is -2.41. The maximum Gasteiger partial charge on any atom is 0.326 e. The van der Waals surface area contributed by atoms with E-state index in [1.54, 1.807) is 13.0 Å². The zero-order chi connectivity index (χ0) is 13.5. The number of ether oxygens (including phenoxy) is 1. The second kappa shape index (κ2) is 6.70. The predicted octanol–water partition coefficient (Wildman–Crippen LogP) is 0.610. The third-order valence-electron chi connectivity index (χ3n) is 2.37. The first-order valence-corrected chi connectivity index (χ1v) is 5.50. The van der Waals surface area contributed by atoms with Gasteiger partial charge in [-0.3, -0.25) is 9.78 Å². The van der Waals surface area contributed by atoms with Gasteiger partial charge in [0.05, 0.1) is 0 Å². The fraction of sp³-hybridized carbons (Fsp3) is 0.417. The molecule has 0 bridgehead atoms. The molecule has 1 aromatic heterocycles. The van der Waals surface area contributed by atoms with Gasteiger partial charge in [0.1, 0.15) is 6.04 Å². The van der Waals surface area contributed by atoms with E-state index in [1.165, 1.54) is 19.4 Å². The van der Waals surface area contributed by atoms with Gasteiger partial charge in [0.15, 0.2) is 0 Å². The van der Waals surface area contributed by atoms with E-state index in [9.17, 15) is 9.59 Å². The molecule has 1 rings (SSSR count). The standard InChI is InChI=1S/C12H16N2O4/c1-8-7-9(3-5-13-8)11(15)14-10(12(16)17)4-6-18-2/h3,5,7,10H,4,6H2,1-2H3,(H,14,15)(H,16,17). The summed E-state index contributed by atoms with van der Waals surface area (Å²) in [7, 11) is 1.48. The van der Waals surface area contributed by atoms with Crippen LogP contribution in [0.3, 0.4) is 0 Å².